The maximum Gasteiger partial charge on any atom is 0.317 e. The van der Waals surface area contributed by atoms with Gasteiger partial charge in [0.05, 0.1) is 18.5 Å². The molecule has 4 rings (SSSR count). The number of carbonyl (C=O) groups is 1. The molecule has 7 nitrogen and oxygen atoms in total. The summed E-state index contributed by atoms with van der Waals surface area (Å²) in [6, 6.07) is 10.9. The van der Waals surface area contributed by atoms with Crippen LogP contribution in [0.15, 0.2) is 47.5 Å². The lowest BCUT2D eigenvalue weighted by Gasteiger charge is -2.52. The molecule has 2 heterocycles. The highest BCUT2D eigenvalue weighted by Gasteiger charge is 2.55. The van der Waals surface area contributed by atoms with Gasteiger partial charge in [0.25, 0.3) is 5.56 Å². The number of aliphatic hydroxyl groups is 1. The SMILES string of the molecule is O=C(NCc1ccccc1)N1CCC(O)(Cn2cnc(Cl)cc2=O)C2(CCCC2)C1. The zero-order chi connectivity index (χ0) is 21.2. The zero-order valence-corrected chi connectivity index (χ0v) is 17.6. The maximum atomic E-state index is 12.8. The molecule has 2 fully saturated rings. The van der Waals surface area contributed by atoms with E-state index in [-0.39, 0.29) is 23.3 Å². The summed E-state index contributed by atoms with van der Waals surface area (Å²) in [5.41, 5.74) is -0.725. The number of nitrogens with zero attached hydrogens (tertiary/aromatic N) is 3. The van der Waals surface area contributed by atoms with Crippen LogP contribution < -0.4 is 10.9 Å². The monoisotopic (exact) mass is 430 g/mol. The number of likely N-dealkylation sites (tertiary alicyclic amines) is 1. The van der Waals surface area contributed by atoms with Crippen LogP contribution in [0.5, 0.6) is 0 Å². The summed E-state index contributed by atoms with van der Waals surface area (Å²) in [5.74, 6) is 0. The van der Waals surface area contributed by atoms with Crippen LogP contribution in [0.1, 0.15) is 37.7 Å². The summed E-state index contributed by atoms with van der Waals surface area (Å²) in [5, 5.41) is 14.8. The van der Waals surface area contributed by atoms with E-state index in [0.717, 1.165) is 31.2 Å². The van der Waals surface area contributed by atoms with E-state index in [1.165, 1.54) is 17.0 Å². The third-order valence-corrected chi connectivity index (χ3v) is 6.90. The number of urea groups is 1. The highest BCUT2D eigenvalue weighted by molar-refractivity contribution is 6.29. The minimum absolute atomic E-state index is 0.113. The van der Waals surface area contributed by atoms with Crippen molar-refractivity contribution in [2.24, 2.45) is 5.41 Å². The third-order valence-electron chi connectivity index (χ3n) is 6.69. The van der Waals surface area contributed by atoms with Gasteiger partial charge in [-0.25, -0.2) is 9.78 Å². The first kappa shape index (κ1) is 20.9. The Hall–Kier alpha value is -2.38. The maximum absolute atomic E-state index is 12.8. The number of hydrogen-bond acceptors (Lipinski definition) is 4. The standard InChI is InChI=1S/C22H27ClN4O3/c23-18-12-19(28)27(16-25-18)15-22(30)10-11-26(14-21(22)8-4-5-9-21)20(29)24-13-17-6-2-1-3-7-17/h1-3,6-7,12,16,30H,4-5,8-11,13-15H2,(H,24,29). The molecule has 1 aromatic heterocycles. The molecular formula is C22H27ClN4O3. The van der Waals surface area contributed by atoms with Crippen molar-refractivity contribution in [2.45, 2.75) is 50.8 Å². The fourth-order valence-corrected chi connectivity index (χ4v) is 5.10. The van der Waals surface area contributed by atoms with Crippen molar-refractivity contribution in [3.63, 3.8) is 0 Å². The van der Waals surface area contributed by atoms with Crippen LogP contribution in [-0.2, 0) is 13.1 Å². The number of rotatable bonds is 4. The van der Waals surface area contributed by atoms with Crippen LogP contribution in [-0.4, -0.2) is 44.3 Å². The van der Waals surface area contributed by atoms with E-state index in [4.69, 9.17) is 11.6 Å². The summed E-state index contributed by atoms with van der Waals surface area (Å²) >= 11 is 5.80. The average Bonchev–Trinajstić information content (AvgIpc) is 3.21. The fourth-order valence-electron chi connectivity index (χ4n) is 4.96. The minimum atomic E-state index is -1.07. The average molecular weight is 431 g/mol. The Morgan fingerprint density at radius 2 is 1.93 bits per heavy atom. The van der Waals surface area contributed by atoms with Gasteiger partial charge >= 0.3 is 6.03 Å². The molecule has 1 aromatic carbocycles. The van der Waals surface area contributed by atoms with E-state index in [9.17, 15) is 14.7 Å². The number of amides is 2. The predicted octanol–water partition coefficient (Wildman–Crippen LogP) is 2.80. The molecule has 1 saturated heterocycles. The Morgan fingerprint density at radius 1 is 1.20 bits per heavy atom. The number of hydrogen-bond donors (Lipinski definition) is 2. The van der Waals surface area contributed by atoms with Gasteiger partial charge in [0.15, 0.2) is 0 Å². The first-order chi connectivity index (χ1) is 14.4. The molecule has 0 radical (unpaired) electrons. The zero-order valence-electron chi connectivity index (χ0n) is 16.9. The number of carbonyl (C=O) groups excluding carboxylic acids is 1. The van der Waals surface area contributed by atoms with Crippen LogP contribution in [0, 0.1) is 5.41 Å². The van der Waals surface area contributed by atoms with Crippen molar-refractivity contribution < 1.29 is 9.90 Å². The lowest BCUT2D eigenvalue weighted by Crippen LogP contribution is -2.63. The number of benzene rings is 1. The Morgan fingerprint density at radius 3 is 2.63 bits per heavy atom. The number of piperidine rings is 1. The van der Waals surface area contributed by atoms with E-state index < -0.39 is 11.0 Å². The molecule has 1 spiro atoms. The number of aromatic nitrogens is 2. The van der Waals surface area contributed by atoms with Crippen LogP contribution in [0.4, 0.5) is 4.79 Å². The summed E-state index contributed by atoms with van der Waals surface area (Å²) < 4.78 is 1.43. The van der Waals surface area contributed by atoms with Gasteiger partial charge in [-0.2, -0.15) is 0 Å². The second kappa shape index (κ2) is 8.40. The van der Waals surface area contributed by atoms with Gasteiger partial charge in [0, 0.05) is 31.1 Å². The van der Waals surface area contributed by atoms with Crippen molar-refractivity contribution in [3.8, 4) is 0 Å². The van der Waals surface area contributed by atoms with Gasteiger partial charge in [-0.1, -0.05) is 54.8 Å². The molecular weight excluding hydrogens is 404 g/mol. The molecule has 1 saturated carbocycles. The molecule has 30 heavy (non-hydrogen) atoms. The third kappa shape index (κ3) is 4.09. The first-order valence-corrected chi connectivity index (χ1v) is 10.8. The summed E-state index contributed by atoms with van der Waals surface area (Å²) in [6.45, 7) is 1.56. The molecule has 2 aromatic rings. The molecule has 2 amide bonds. The molecule has 160 valence electrons. The lowest BCUT2D eigenvalue weighted by molar-refractivity contribution is -0.135. The van der Waals surface area contributed by atoms with Crippen LogP contribution in [0.25, 0.3) is 0 Å². The van der Waals surface area contributed by atoms with Gasteiger partial charge in [-0.3, -0.25) is 9.36 Å². The van der Waals surface area contributed by atoms with E-state index >= 15 is 0 Å². The van der Waals surface area contributed by atoms with Crippen LogP contribution in [0.3, 0.4) is 0 Å². The van der Waals surface area contributed by atoms with Crippen molar-refractivity contribution in [2.75, 3.05) is 13.1 Å². The smallest absolute Gasteiger partial charge is 0.317 e. The predicted molar refractivity (Wildman–Crippen MR) is 114 cm³/mol. The Labute approximate surface area is 180 Å². The normalized spacial score (nSPS) is 22.9. The number of halogens is 1. The molecule has 8 heteroatoms. The van der Waals surface area contributed by atoms with Gasteiger partial charge in [-0.05, 0) is 24.8 Å². The van der Waals surface area contributed by atoms with Gasteiger partial charge in [-0.15, -0.1) is 0 Å². The topological polar surface area (TPSA) is 87.5 Å². The van der Waals surface area contributed by atoms with E-state index in [1.807, 2.05) is 35.2 Å². The second-order valence-electron chi connectivity index (χ2n) is 8.51. The van der Waals surface area contributed by atoms with Crippen molar-refractivity contribution in [3.05, 3.63) is 63.8 Å². The minimum Gasteiger partial charge on any atom is -0.387 e. The number of nitrogens with one attached hydrogen (secondary N) is 1. The van der Waals surface area contributed by atoms with Gasteiger partial charge < -0.3 is 15.3 Å². The Balaban J connectivity index is 1.49. The van der Waals surface area contributed by atoms with Crippen LogP contribution in [0.2, 0.25) is 5.15 Å². The molecule has 1 aliphatic heterocycles. The van der Waals surface area contributed by atoms with Crippen molar-refractivity contribution >= 4 is 17.6 Å². The Kier molecular flexibility index (Phi) is 5.84. The highest BCUT2D eigenvalue weighted by atomic mass is 35.5. The lowest BCUT2D eigenvalue weighted by atomic mass is 9.66. The van der Waals surface area contributed by atoms with Gasteiger partial charge in [0.2, 0.25) is 0 Å². The molecule has 1 aliphatic carbocycles. The summed E-state index contributed by atoms with van der Waals surface area (Å²) in [4.78, 5) is 30.9. The molecule has 2 N–H and O–H groups in total. The molecule has 1 unspecified atom stereocenters. The largest absolute Gasteiger partial charge is 0.387 e. The van der Waals surface area contributed by atoms with Crippen LogP contribution >= 0.6 is 11.6 Å². The second-order valence-corrected chi connectivity index (χ2v) is 8.90. The Bertz CT molecular complexity index is 958. The van der Waals surface area contributed by atoms with E-state index in [0.29, 0.717) is 26.1 Å². The van der Waals surface area contributed by atoms with E-state index in [2.05, 4.69) is 10.3 Å². The fraction of sp³-hybridized carbons (Fsp3) is 0.500. The summed E-state index contributed by atoms with van der Waals surface area (Å²) in [7, 11) is 0. The summed E-state index contributed by atoms with van der Waals surface area (Å²) in [6.07, 6.45) is 5.50. The molecule has 2 aliphatic rings. The molecule has 0 bridgehead atoms. The van der Waals surface area contributed by atoms with Crippen molar-refractivity contribution in [1.82, 2.24) is 19.8 Å². The van der Waals surface area contributed by atoms with Gasteiger partial charge in [0.1, 0.15) is 5.15 Å². The molecule has 1 atom stereocenters. The van der Waals surface area contributed by atoms with E-state index in [1.54, 1.807) is 0 Å². The highest BCUT2D eigenvalue weighted by Crippen LogP contribution is 2.51. The quantitative estimate of drug-likeness (QED) is 0.730. The van der Waals surface area contributed by atoms with Crippen molar-refractivity contribution in [1.29, 1.82) is 0 Å². The first-order valence-electron chi connectivity index (χ1n) is 10.4.